The number of hydrogen-bond acceptors (Lipinski definition) is 5. The van der Waals surface area contributed by atoms with Crippen LogP contribution in [0.25, 0.3) is 0 Å². The van der Waals surface area contributed by atoms with Crippen LogP contribution < -0.4 is 5.73 Å². The van der Waals surface area contributed by atoms with Gasteiger partial charge >= 0.3 is 0 Å². The summed E-state index contributed by atoms with van der Waals surface area (Å²) in [6, 6.07) is 5.06. The van der Waals surface area contributed by atoms with Gasteiger partial charge in [0.2, 0.25) is 10.0 Å². The summed E-state index contributed by atoms with van der Waals surface area (Å²) >= 11 is 0. The van der Waals surface area contributed by atoms with E-state index in [2.05, 4.69) is 0 Å². The smallest absolute Gasteiger partial charge is 0.254 e. The number of aryl methyl sites for hydroxylation is 1. The fourth-order valence-corrected chi connectivity index (χ4v) is 5.39. The number of hydrogen-bond donors (Lipinski definition) is 1. The van der Waals surface area contributed by atoms with E-state index in [-0.39, 0.29) is 29.3 Å². The van der Waals surface area contributed by atoms with Crippen LogP contribution in [0.1, 0.15) is 35.7 Å². The molecule has 1 aromatic rings. The molecular formula is C18H28ClN3O4S. The van der Waals surface area contributed by atoms with Crippen LogP contribution in [-0.2, 0) is 21.2 Å². The first-order chi connectivity index (χ1) is 12.5. The molecule has 2 aliphatic heterocycles. The predicted octanol–water partition coefficient (Wildman–Crippen LogP) is 1.26. The van der Waals surface area contributed by atoms with Crippen molar-refractivity contribution in [1.82, 2.24) is 9.21 Å². The number of amides is 1. The van der Waals surface area contributed by atoms with E-state index in [0.717, 1.165) is 18.4 Å². The van der Waals surface area contributed by atoms with Crippen LogP contribution >= 0.6 is 12.4 Å². The van der Waals surface area contributed by atoms with E-state index in [1.807, 2.05) is 6.92 Å². The number of nitrogens with two attached hydrogens (primary N) is 1. The van der Waals surface area contributed by atoms with Crippen LogP contribution in [0.15, 0.2) is 23.1 Å². The Kier molecular flexibility index (Phi) is 7.64. The van der Waals surface area contributed by atoms with Gasteiger partial charge in [-0.15, -0.1) is 12.4 Å². The molecule has 27 heavy (non-hydrogen) atoms. The summed E-state index contributed by atoms with van der Waals surface area (Å²) in [7, 11) is -3.65. The first-order valence-corrected chi connectivity index (χ1v) is 10.6. The number of likely N-dealkylation sites (tertiary alicyclic amines) is 1. The molecule has 0 aromatic heterocycles. The van der Waals surface area contributed by atoms with Gasteiger partial charge in [-0.1, -0.05) is 13.0 Å². The van der Waals surface area contributed by atoms with Gasteiger partial charge in [-0.3, -0.25) is 4.79 Å². The summed E-state index contributed by atoms with van der Waals surface area (Å²) in [5, 5.41) is 0. The van der Waals surface area contributed by atoms with Gasteiger partial charge in [-0.25, -0.2) is 8.42 Å². The van der Waals surface area contributed by atoms with Gasteiger partial charge < -0.3 is 15.4 Å². The van der Waals surface area contributed by atoms with Crippen LogP contribution in [0.3, 0.4) is 0 Å². The molecule has 0 radical (unpaired) electrons. The second-order valence-corrected chi connectivity index (χ2v) is 8.63. The zero-order chi connectivity index (χ0) is 18.7. The largest absolute Gasteiger partial charge is 0.379 e. The number of benzene rings is 1. The molecule has 2 fully saturated rings. The van der Waals surface area contributed by atoms with E-state index in [9.17, 15) is 13.2 Å². The lowest BCUT2D eigenvalue weighted by atomic mass is 10.1. The lowest BCUT2D eigenvalue weighted by molar-refractivity contribution is 0.0728. The molecule has 3 rings (SSSR count). The van der Waals surface area contributed by atoms with Crippen molar-refractivity contribution in [1.29, 1.82) is 0 Å². The summed E-state index contributed by atoms with van der Waals surface area (Å²) in [5.41, 5.74) is 6.91. The number of rotatable bonds is 5. The Morgan fingerprint density at radius 1 is 1.26 bits per heavy atom. The van der Waals surface area contributed by atoms with Crippen molar-refractivity contribution in [3.63, 3.8) is 0 Å². The van der Waals surface area contributed by atoms with Crippen molar-refractivity contribution in [2.45, 2.75) is 37.1 Å². The third-order valence-corrected chi connectivity index (χ3v) is 7.17. The molecule has 1 atom stereocenters. The molecule has 2 heterocycles. The topological polar surface area (TPSA) is 92.9 Å². The molecule has 0 aliphatic carbocycles. The van der Waals surface area contributed by atoms with E-state index >= 15 is 0 Å². The highest BCUT2D eigenvalue weighted by Crippen LogP contribution is 2.26. The van der Waals surface area contributed by atoms with E-state index in [1.165, 1.54) is 10.4 Å². The normalized spacial score (nSPS) is 21.1. The number of ether oxygens (including phenoxy) is 1. The number of morpholine rings is 1. The second kappa shape index (κ2) is 9.34. The summed E-state index contributed by atoms with van der Waals surface area (Å²) in [4.78, 5) is 14.9. The molecule has 1 amide bonds. The quantitative estimate of drug-likeness (QED) is 0.778. The second-order valence-electron chi connectivity index (χ2n) is 6.72. The molecule has 0 spiro atoms. The van der Waals surface area contributed by atoms with Crippen LogP contribution in [0.4, 0.5) is 0 Å². The van der Waals surface area contributed by atoms with Gasteiger partial charge in [-0.05, 0) is 37.0 Å². The van der Waals surface area contributed by atoms with Crippen molar-refractivity contribution >= 4 is 28.3 Å². The standard InChI is InChI=1S/C18H27N3O4S.ClH/c1-2-14-5-6-15(18(22)21-7-3-4-16(21)13-19)12-17(14)26(23,24)20-8-10-25-11-9-20;/h5-6,12,16H,2-4,7-11,13,19H2,1H3;1H. The molecule has 1 unspecified atom stereocenters. The summed E-state index contributed by atoms with van der Waals surface area (Å²) in [6.07, 6.45) is 2.41. The van der Waals surface area contributed by atoms with Gasteiger partial charge in [0.1, 0.15) is 0 Å². The highest BCUT2D eigenvalue weighted by molar-refractivity contribution is 7.89. The van der Waals surface area contributed by atoms with Gasteiger partial charge in [0.05, 0.1) is 18.1 Å². The summed E-state index contributed by atoms with van der Waals surface area (Å²) in [6.45, 7) is 4.48. The van der Waals surface area contributed by atoms with Crippen molar-refractivity contribution in [3.8, 4) is 0 Å². The first-order valence-electron chi connectivity index (χ1n) is 9.21. The Bertz CT molecular complexity index is 766. The zero-order valence-electron chi connectivity index (χ0n) is 15.6. The fourth-order valence-electron chi connectivity index (χ4n) is 3.66. The highest BCUT2D eigenvalue weighted by atomic mass is 35.5. The Labute approximate surface area is 167 Å². The van der Waals surface area contributed by atoms with Gasteiger partial charge in [0, 0.05) is 37.8 Å². The number of halogens is 1. The minimum atomic E-state index is -3.65. The van der Waals surface area contributed by atoms with Gasteiger partial charge in [0.15, 0.2) is 0 Å². The van der Waals surface area contributed by atoms with Gasteiger partial charge in [0.25, 0.3) is 5.91 Å². The van der Waals surface area contributed by atoms with Crippen LogP contribution in [-0.4, -0.2) is 69.0 Å². The molecule has 7 nitrogen and oxygen atoms in total. The number of nitrogens with zero attached hydrogens (tertiary/aromatic N) is 2. The minimum absolute atomic E-state index is 0. The third-order valence-electron chi connectivity index (χ3n) is 5.19. The Morgan fingerprint density at radius 3 is 2.59 bits per heavy atom. The van der Waals surface area contributed by atoms with Crippen molar-refractivity contribution in [3.05, 3.63) is 29.3 Å². The molecule has 0 bridgehead atoms. The maximum absolute atomic E-state index is 13.1. The van der Waals surface area contributed by atoms with Crippen LogP contribution in [0.2, 0.25) is 0 Å². The average molecular weight is 418 g/mol. The Morgan fingerprint density at radius 2 is 1.96 bits per heavy atom. The third kappa shape index (κ3) is 4.46. The number of sulfonamides is 1. The first kappa shape index (κ1) is 22.1. The monoisotopic (exact) mass is 417 g/mol. The zero-order valence-corrected chi connectivity index (χ0v) is 17.2. The molecule has 1 aromatic carbocycles. The molecule has 2 saturated heterocycles. The molecule has 0 saturated carbocycles. The van der Waals surface area contributed by atoms with Crippen molar-refractivity contribution in [2.24, 2.45) is 5.73 Å². The maximum Gasteiger partial charge on any atom is 0.254 e. The molecule has 2 aliphatic rings. The highest BCUT2D eigenvalue weighted by Gasteiger charge is 2.32. The lowest BCUT2D eigenvalue weighted by Crippen LogP contribution is -2.41. The molecule has 2 N–H and O–H groups in total. The van der Waals surface area contributed by atoms with E-state index in [1.54, 1.807) is 17.0 Å². The number of carbonyl (C=O) groups is 1. The average Bonchev–Trinajstić information content (AvgIpc) is 3.16. The predicted molar refractivity (Wildman–Crippen MR) is 106 cm³/mol. The van der Waals surface area contributed by atoms with Crippen LogP contribution in [0, 0.1) is 0 Å². The van der Waals surface area contributed by atoms with E-state index in [4.69, 9.17) is 10.5 Å². The summed E-state index contributed by atoms with van der Waals surface area (Å²) < 4.78 is 32.9. The van der Waals surface area contributed by atoms with E-state index < -0.39 is 10.0 Å². The van der Waals surface area contributed by atoms with Crippen molar-refractivity contribution in [2.75, 3.05) is 39.4 Å². The number of carbonyl (C=O) groups excluding carboxylic acids is 1. The molecule has 152 valence electrons. The SMILES string of the molecule is CCc1ccc(C(=O)N2CCCC2CN)cc1S(=O)(=O)N1CCOCC1.Cl. The summed E-state index contributed by atoms with van der Waals surface area (Å²) in [5.74, 6) is -0.140. The minimum Gasteiger partial charge on any atom is -0.379 e. The Balaban J connectivity index is 0.00000261. The Hall–Kier alpha value is -1.19. The van der Waals surface area contributed by atoms with Gasteiger partial charge in [-0.2, -0.15) is 4.31 Å². The van der Waals surface area contributed by atoms with Crippen LogP contribution in [0.5, 0.6) is 0 Å². The van der Waals surface area contributed by atoms with Crippen molar-refractivity contribution < 1.29 is 17.9 Å². The lowest BCUT2D eigenvalue weighted by Gasteiger charge is -2.27. The molecule has 9 heteroatoms. The molecular weight excluding hydrogens is 390 g/mol. The fraction of sp³-hybridized carbons (Fsp3) is 0.611. The maximum atomic E-state index is 13.1. The van der Waals surface area contributed by atoms with E-state index in [0.29, 0.717) is 51.4 Å².